The van der Waals surface area contributed by atoms with Crippen molar-refractivity contribution < 1.29 is 8.78 Å². The van der Waals surface area contributed by atoms with Gasteiger partial charge in [-0.1, -0.05) is 12.0 Å². The number of hydrogen-bond donors (Lipinski definition) is 1. The fourth-order valence-electron chi connectivity index (χ4n) is 5.26. The predicted octanol–water partition coefficient (Wildman–Crippen LogP) is 4.90. The first-order chi connectivity index (χ1) is 19.0. The molecule has 0 amide bonds. The molecule has 0 saturated heterocycles. The smallest absolute Gasteiger partial charge is 0.229 e. The molecule has 1 aliphatic rings. The lowest BCUT2D eigenvalue weighted by Crippen LogP contribution is -2.37. The number of anilines is 2. The molecule has 4 heterocycles. The Balaban J connectivity index is 1.37. The summed E-state index contributed by atoms with van der Waals surface area (Å²) in [6, 6.07) is 6.91. The molecule has 5 rings (SSSR count). The van der Waals surface area contributed by atoms with Crippen molar-refractivity contribution in [3.63, 3.8) is 0 Å². The predicted molar refractivity (Wildman–Crippen MR) is 153 cm³/mol. The zero-order valence-electron chi connectivity index (χ0n) is 23.6. The molecule has 4 aromatic rings. The van der Waals surface area contributed by atoms with Crippen molar-refractivity contribution in [2.75, 3.05) is 38.5 Å². The minimum Gasteiger partial charge on any atom is -0.323 e. The van der Waals surface area contributed by atoms with Gasteiger partial charge in [0.25, 0.3) is 0 Å². The summed E-state index contributed by atoms with van der Waals surface area (Å²) in [5, 5.41) is 3.10. The maximum atomic E-state index is 15.1. The Morgan fingerprint density at radius 2 is 1.93 bits per heavy atom. The Morgan fingerprint density at radius 3 is 2.67 bits per heavy atom. The second-order valence-electron chi connectivity index (χ2n) is 11.3. The number of hydrogen-bond acceptors (Lipinski definition) is 7. The molecular weight excluding hydrogens is 510 g/mol. The molecule has 0 atom stereocenters. The third-order valence-electron chi connectivity index (χ3n) is 7.10. The van der Waals surface area contributed by atoms with Crippen LogP contribution in [0.25, 0.3) is 22.3 Å². The van der Waals surface area contributed by atoms with Crippen molar-refractivity contribution in [1.82, 2.24) is 34.3 Å². The summed E-state index contributed by atoms with van der Waals surface area (Å²) >= 11 is 0. The van der Waals surface area contributed by atoms with Crippen LogP contribution in [0.4, 0.5) is 20.5 Å². The van der Waals surface area contributed by atoms with E-state index < -0.39 is 11.6 Å². The maximum Gasteiger partial charge on any atom is 0.229 e. The zero-order valence-corrected chi connectivity index (χ0v) is 23.6. The van der Waals surface area contributed by atoms with Crippen molar-refractivity contribution in [2.45, 2.75) is 46.2 Å². The number of nitrogens with zero attached hydrogens (tertiary/aromatic N) is 7. The summed E-state index contributed by atoms with van der Waals surface area (Å²) in [5.74, 6) is 2.93. The van der Waals surface area contributed by atoms with Crippen molar-refractivity contribution in [1.29, 1.82) is 0 Å². The highest BCUT2D eigenvalue weighted by molar-refractivity contribution is 5.83. The van der Waals surface area contributed by atoms with Crippen LogP contribution < -0.4 is 5.32 Å². The molecule has 10 heteroatoms. The highest BCUT2D eigenvalue weighted by Gasteiger charge is 2.23. The largest absolute Gasteiger partial charge is 0.323 e. The lowest BCUT2D eigenvalue weighted by molar-refractivity contribution is 0.218. The van der Waals surface area contributed by atoms with Crippen LogP contribution in [0.15, 0.2) is 30.5 Å². The van der Waals surface area contributed by atoms with Gasteiger partial charge in [0.05, 0.1) is 18.3 Å². The van der Waals surface area contributed by atoms with Gasteiger partial charge in [-0.15, -0.1) is 6.42 Å². The summed E-state index contributed by atoms with van der Waals surface area (Å²) in [5.41, 5.74) is 2.99. The van der Waals surface area contributed by atoms with Gasteiger partial charge in [-0.05, 0) is 58.5 Å². The lowest BCUT2D eigenvalue weighted by Gasteiger charge is -2.29. The van der Waals surface area contributed by atoms with Gasteiger partial charge in [0.1, 0.15) is 22.9 Å². The average molecular weight is 545 g/mol. The summed E-state index contributed by atoms with van der Waals surface area (Å²) in [7, 11) is 2.02. The fourth-order valence-corrected chi connectivity index (χ4v) is 5.26. The summed E-state index contributed by atoms with van der Waals surface area (Å²) in [6.07, 6.45) is 7.31. The van der Waals surface area contributed by atoms with Crippen LogP contribution in [0.1, 0.15) is 37.9 Å². The number of fused-ring (bicyclic) bond motifs is 2. The Bertz CT molecular complexity index is 1600. The first-order valence-corrected chi connectivity index (χ1v) is 13.4. The number of aryl methyl sites for hydroxylation is 1. The highest BCUT2D eigenvalue weighted by atomic mass is 19.1. The van der Waals surface area contributed by atoms with Crippen LogP contribution in [-0.4, -0.2) is 67.5 Å². The second-order valence-corrected chi connectivity index (χ2v) is 11.3. The van der Waals surface area contributed by atoms with Crippen molar-refractivity contribution in [3.05, 3.63) is 59.2 Å². The molecular formula is C30H34F2N8. The standard InChI is InChI=1S/C30H34F2N8/c1-7-11-38(6)13-14-39-12-10-24-20(18-39)8-9-26(35-24)36-29-33-17-23(32)27(37-29)21-15-22(31)28-25(16-21)40(19(2)34-28)30(3,4)5/h1,8-9,15-17H,10-14,18H2,2-6H3,(H,33,35,36,37). The van der Waals surface area contributed by atoms with E-state index >= 15 is 4.39 Å². The zero-order chi connectivity index (χ0) is 28.6. The van der Waals surface area contributed by atoms with Gasteiger partial charge < -0.3 is 9.88 Å². The Hall–Kier alpha value is -3.94. The van der Waals surface area contributed by atoms with Crippen LogP contribution >= 0.6 is 0 Å². The topological polar surface area (TPSA) is 75.0 Å². The Labute approximate surface area is 233 Å². The third-order valence-corrected chi connectivity index (χ3v) is 7.10. The van der Waals surface area contributed by atoms with E-state index in [-0.39, 0.29) is 22.7 Å². The normalized spacial score (nSPS) is 14.0. The van der Waals surface area contributed by atoms with Gasteiger partial charge in [0, 0.05) is 49.4 Å². The number of terminal acetylenes is 1. The van der Waals surface area contributed by atoms with Gasteiger partial charge in [0.2, 0.25) is 5.95 Å². The van der Waals surface area contributed by atoms with E-state index in [1.807, 2.05) is 51.4 Å². The minimum absolute atomic E-state index is 0.000942. The molecule has 0 saturated carbocycles. The van der Waals surface area contributed by atoms with Crippen LogP contribution in [-0.2, 0) is 18.5 Å². The van der Waals surface area contributed by atoms with Crippen LogP contribution in [0.3, 0.4) is 0 Å². The Kier molecular flexibility index (Phi) is 7.53. The summed E-state index contributed by atoms with van der Waals surface area (Å²) in [6.45, 7) is 12.1. The summed E-state index contributed by atoms with van der Waals surface area (Å²) < 4.78 is 32.0. The lowest BCUT2D eigenvalue weighted by atomic mass is 10.1. The van der Waals surface area contributed by atoms with Gasteiger partial charge >= 0.3 is 0 Å². The number of likely N-dealkylation sites (N-methyl/N-ethyl adjacent to an activating group) is 1. The van der Waals surface area contributed by atoms with Crippen LogP contribution in [0, 0.1) is 30.9 Å². The molecule has 0 fully saturated rings. The number of nitrogens with one attached hydrogen (secondary N) is 1. The van der Waals surface area contributed by atoms with E-state index in [1.54, 1.807) is 6.07 Å². The number of imidazole rings is 1. The van der Waals surface area contributed by atoms with E-state index in [1.165, 1.54) is 11.6 Å². The van der Waals surface area contributed by atoms with Crippen molar-refractivity contribution in [3.8, 4) is 23.6 Å². The molecule has 0 bridgehead atoms. The maximum absolute atomic E-state index is 15.1. The van der Waals surface area contributed by atoms with E-state index in [0.717, 1.165) is 44.5 Å². The summed E-state index contributed by atoms with van der Waals surface area (Å²) in [4.78, 5) is 22.2. The number of aromatic nitrogens is 5. The highest BCUT2D eigenvalue weighted by Crippen LogP contribution is 2.32. The number of rotatable bonds is 7. The molecule has 8 nitrogen and oxygen atoms in total. The Morgan fingerprint density at radius 1 is 1.12 bits per heavy atom. The minimum atomic E-state index is -0.644. The monoisotopic (exact) mass is 544 g/mol. The first kappa shape index (κ1) is 27.6. The van der Waals surface area contributed by atoms with Gasteiger partial charge in [-0.2, -0.15) is 0 Å². The molecule has 0 aliphatic carbocycles. The van der Waals surface area contributed by atoms with Gasteiger partial charge in [-0.25, -0.2) is 28.7 Å². The van der Waals surface area contributed by atoms with Gasteiger partial charge in [0.15, 0.2) is 11.6 Å². The van der Waals surface area contributed by atoms with E-state index in [0.29, 0.717) is 29.3 Å². The van der Waals surface area contributed by atoms with E-state index in [4.69, 9.17) is 11.4 Å². The molecule has 40 heavy (non-hydrogen) atoms. The second kappa shape index (κ2) is 10.9. The third kappa shape index (κ3) is 5.67. The van der Waals surface area contributed by atoms with E-state index in [2.05, 4.69) is 36.0 Å². The molecule has 1 N–H and O–H groups in total. The van der Waals surface area contributed by atoms with Crippen molar-refractivity contribution in [2.24, 2.45) is 0 Å². The molecule has 1 aromatic carbocycles. The molecule has 3 aromatic heterocycles. The fraction of sp³-hybridized carbons (Fsp3) is 0.400. The number of halogens is 2. The first-order valence-electron chi connectivity index (χ1n) is 13.4. The van der Waals surface area contributed by atoms with E-state index in [9.17, 15) is 4.39 Å². The molecule has 208 valence electrons. The quantitative estimate of drug-likeness (QED) is 0.332. The van der Waals surface area contributed by atoms with Gasteiger partial charge in [-0.3, -0.25) is 9.80 Å². The number of benzene rings is 1. The van der Waals surface area contributed by atoms with Crippen LogP contribution in [0.2, 0.25) is 0 Å². The number of pyridine rings is 1. The average Bonchev–Trinajstić information content (AvgIpc) is 3.25. The SMILES string of the molecule is C#CCN(C)CCN1CCc2nc(Nc3ncc(F)c(-c4cc(F)c5nc(C)n(C(C)(C)C)c5c4)n3)ccc2C1. The molecule has 0 spiro atoms. The molecule has 0 radical (unpaired) electrons. The molecule has 1 aliphatic heterocycles. The van der Waals surface area contributed by atoms with Crippen LogP contribution in [0.5, 0.6) is 0 Å². The molecule has 0 unspecified atom stereocenters. The van der Waals surface area contributed by atoms with Crippen molar-refractivity contribution >= 4 is 22.8 Å².